The van der Waals surface area contributed by atoms with Crippen molar-refractivity contribution in [3.8, 4) is 0 Å². The Balaban J connectivity index is 1.78. The number of hydrogen-bond donors (Lipinski definition) is 3. The van der Waals surface area contributed by atoms with Crippen molar-refractivity contribution in [3.63, 3.8) is 0 Å². The molecule has 6 nitrogen and oxygen atoms in total. The second-order valence-corrected chi connectivity index (χ2v) is 5.35. The van der Waals surface area contributed by atoms with Crippen LogP contribution in [-0.2, 0) is 19.0 Å². The van der Waals surface area contributed by atoms with Crippen LogP contribution in [0.2, 0.25) is 0 Å². The van der Waals surface area contributed by atoms with Gasteiger partial charge >= 0.3 is 6.03 Å². The van der Waals surface area contributed by atoms with Gasteiger partial charge in [-0.1, -0.05) is 24.3 Å². The largest absolute Gasteiger partial charge is 0.394 e. The number of aliphatic hydroxyl groups excluding tert-OH is 1. The van der Waals surface area contributed by atoms with Gasteiger partial charge in [-0.3, -0.25) is 10.00 Å². The van der Waals surface area contributed by atoms with E-state index < -0.39 is 5.54 Å². The summed E-state index contributed by atoms with van der Waals surface area (Å²) >= 11 is 0. The molecule has 3 rings (SSSR count). The normalized spacial score (nSPS) is 20.1. The molecule has 1 atom stereocenters. The predicted molar refractivity (Wildman–Crippen MR) is 78.9 cm³/mol. The van der Waals surface area contributed by atoms with E-state index in [1.807, 2.05) is 24.3 Å². The summed E-state index contributed by atoms with van der Waals surface area (Å²) in [6.07, 6.45) is 3.29. The maximum Gasteiger partial charge on any atom is 0.321 e. The van der Waals surface area contributed by atoms with Crippen LogP contribution in [0, 0.1) is 0 Å². The zero-order chi connectivity index (χ0) is 14.9. The summed E-state index contributed by atoms with van der Waals surface area (Å²) in [6.45, 7) is -0.125. The maximum atomic E-state index is 12.2. The molecule has 1 unspecified atom stereocenters. The summed E-state index contributed by atoms with van der Waals surface area (Å²) in [5.41, 5.74) is 1.45. The molecule has 1 aliphatic rings. The summed E-state index contributed by atoms with van der Waals surface area (Å²) in [6, 6.07) is 9.24. The van der Waals surface area contributed by atoms with Gasteiger partial charge in [0.05, 0.1) is 12.1 Å². The molecule has 2 aromatic rings. The van der Waals surface area contributed by atoms with Crippen molar-refractivity contribution >= 4 is 11.8 Å². The molecular formula is C15H18N4O2. The van der Waals surface area contributed by atoms with Gasteiger partial charge in [0.1, 0.15) is 0 Å². The van der Waals surface area contributed by atoms with E-state index in [2.05, 4.69) is 15.7 Å². The number of aryl methyl sites for hydroxylation is 2. The molecule has 2 amide bonds. The topological polar surface area (TPSA) is 79.2 Å². The number of fused-ring (bicyclic) bond motifs is 1. The number of nitrogens with zero attached hydrogens (tertiary/aromatic N) is 2. The van der Waals surface area contributed by atoms with Crippen molar-refractivity contribution in [3.05, 3.63) is 47.7 Å². The molecule has 0 fully saturated rings. The van der Waals surface area contributed by atoms with E-state index in [4.69, 9.17) is 0 Å². The molecule has 0 saturated heterocycles. The highest BCUT2D eigenvalue weighted by Gasteiger charge is 2.39. The number of aliphatic hydroxyl groups is 1. The first-order valence-electron chi connectivity index (χ1n) is 6.91. The fourth-order valence-corrected chi connectivity index (χ4v) is 2.87. The number of nitrogens with one attached hydrogen (secondary N) is 2. The van der Waals surface area contributed by atoms with E-state index in [0.717, 1.165) is 12.0 Å². The van der Waals surface area contributed by atoms with Crippen LogP contribution in [0.3, 0.4) is 0 Å². The standard InChI is InChI=1S/C15H18N4O2/c1-19-9-7-13(18-19)16-14(21)17-15(10-20)8-6-11-4-2-3-5-12(11)15/h2-5,7,9,20H,6,8,10H2,1H3,(H2,16,17,18,21). The van der Waals surface area contributed by atoms with Crippen LogP contribution in [0.15, 0.2) is 36.5 Å². The Bertz CT molecular complexity index is 667. The van der Waals surface area contributed by atoms with Crippen LogP contribution in [0.4, 0.5) is 10.6 Å². The zero-order valence-electron chi connectivity index (χ0n) is 11.8. The zero-order valence-corrected chi connectivity index (χ0v) is 11.8. The van der Waals surface area contributed by atoms with E-state index in [0.29, 0.717) is 12.2 Å². The van der Waals surface area contributed by atoms with Crippen LogP contribution in [0.1, 0.15) is 17.5 Å². The molecule has 0 radical (unpaired) electrons. The molecule has 1 aliphatic carbocycles. The van der Waals surface area contributed by atoms with E-state index in [1.54, 1.807) is 24.0 Å². The number of hydrogen-bond acceptors (Lipinski definition) is 3. The quantitative estimate of drug-likeness (QED) is 0.797. The third-order valence-corrected chi connectivity index (χ3v) is 3.93. The first-order chi connectivity index (χ1) is 10.1. The number of amides is 2. The van der Waals surface area contributed by atoms with Crippen LogP contribution in [0.25, 0.3) is 0 Å². The van der Waals surface area contributed by atoms with Crippen LogP contribution in [0.5, 0.6) is 0 Å². The lowest BCUT2D eigenvalue weighted by Crippen LogP contribution is -2.48. The third kappa shape index (κ3) is 2.50. The Kier molecular flexibility index (Phi) is 3.39. The minimum atomic E-state index is -0.713. The van der Waals surface area contributed by atoms with Crippen molar-refractivity contribution in [1.29, 1.82) is 0 Å². The predicted octanol–water partition coefficient (Wildman–Crippen LogP) is 1.38. The fourth-order valence-electron chi connectivity index (χ4n) is 2.87. The van der Waals surface area contributed by atoms with E-state index >= 15 is 0 Å². The number of rotatable bonds is 3. The third-order valence-electron chi connectivity index (χ3n) is 3.93. The van der Waals surface area contributed by atoms with Crippen molar-refractivity contribution in [2.24, 2.45) is 7.05 Å². The van der Waals surface area contributed by atoms with Gasteiger partial charge < -0.3 is 10.4 Å². The van der Waals surface area contributed by atoms with Gasteiger partial charge in [-0.05, 0) is 24.0 Å². The first-order valence-corrected chi connectivity index (χ1v) is 6.91. The first kappa shape index (κ1) is 13.6. The molecule has 6 heteroatoms. The number of benzene rings is 1. The Hall–Kier alpha value is -2.34. The summed E-state index contributed by atoms with van der Waals surface area (Å²) < 4.78 is 1.61. The van der Waals surface area contributed by atoms with E-state index in [1.165, 1.54) is 5.56 Å². The van der Waals surface area contributed by atoms with Crippen molar-refractivity contribution in [1.82, 2.24) is 15.1 Å². The second-order valence-electron chi connectivity index (χ2n) is 5.35. The van der Waals surface area contributed by atoms with Gasteiger partial charge in [-0.25, -0.2) is 4.79 Å². The average molecular weight is 286 g/mol. The van der Waals surface area contributed by atoms with Crippen molar-refractivity contribution < 1.29 is 9.90 Å². The molecule has 0 bridgehead atoms. The molecule has 1 aromatic carbocycles. The van der Waals surface area contributed by atoms with Gasteiger partial charge in [0.25, 0.3) is 0 Å². The Labute approximate surface area is 122 Å². The molecule has 3 N–H and O–H groups in total. The fraction of sp³-hybridized carbons (Fsp3) is 0.333. The van der Waals surface area contributed by atoms with Gasteiger partial charge in [-0.15, -0.1) is 0 Å². The van der Waals surface area contributed by atoms with Crippen LogP contribution >= 0.6 is 0 Å². The van der Waals surface area contributed by atoms with Gasteiger partial charge in [0.15, 0.2) is 5.82 Å². The molecule has 1 heterocycles. The number of carbonyl (C=O) groups excluding carboxylic acids is 1. The minimum Gasteiger partial charge on any atom is -0.394 e. The van der Waals surface area contributed by atoms with Gasteiger partial charge in [-0.2, -0.15) is 5.10 Å². The molecule has 1 aromatic heterocycles. The molecule has 21 heavy (non-hydrogen) atoms. The van der Waals surface area contributed by atoms with Crippen LogP contribution in [-0.4, -0.2) is 27.5 Å². The smallest absolute Gasteiger partial charge is 0.321 e. The number of aromatic nitrogens is 2. The Morgan fingerprint density at radius 2 is 2.24 bits per heavy atom. The highest BCUT2D eigenvalue weighted by molar-refractivity contribution is 5.89. The molecule has 0 aliphatic heterocycles. The monoisotopic (exact) mass is 286 g/mol. The number of anilines is 1. The highest BCUT2D eigenvalue weighted by Crippen LogP contribution is 2.36. The van der Waals surface area contributed by atoms with Crippen molar-refractivity contribution in [2.45, 2.75) is 18.4 Å². The Morgan fingerprint density at radius 3 is 2.95 bits per heavy atom. The van der Waals surface area contributed by atoms with Gasteiger partial charge in [0.2, 0.25) is 0 Å². The average Bonchev–Trinajstić information content (AvgIpc) is 3.04. The lowest BCUT2D eigenvalue weighted by atomic mass is 9.93. The summed E-state index contributed by atoms with van der Waals surface area (Å²) in [7, 11) is 1.78. The lowest BCUT2D eigenvalue weighted by Gasteiger charge is -2.29. The van der Waals surface area contributed by atoms with Gasteiger partial charge in [0, 0.05) is 19.3 Å². The highest BCUT2D eigenvalue weighted by atomic mass is 16.3. The summed E-state index contributed by atoms with van der Waals surface area (Å²) in [4.78, 5) is 12.2. The molecule has 0 saturated carbocycles. The number of carbonyl (C=O) groups is 1. The van der Waals surface area contributed by atoms with E-state index in [9.17, 15) is 9.90 Å². The van der Waals surface area contributed by atoms with Crippen LogP contribution < -0.4 is 10.6 Å². The van der Waals surface area contributed by atoms with E-state index in [-0.39, 0.29) is 12.6 Å². The second kappa shape index (κ2) is 5.21. The maximum absolute atomic E-state index is 12.2. The summed E-state index contributed by atoms with van der Waals surface area (Å²) in [5, 5.41) is 19.5. The Morgan fingerprint density at radius 1 is 1.43 bits per heavy atom. The SMILES string of the molecule is Cn1ccc(NC(=O)NC2(CO)CCc3ccccc32)n1. The molecule has 110 valence electrons. The molecular weight excluding hydrogens is 268 g/mol. The number of urea groups is 1. The molecule has 0 spiro atoms. The minimum absolute atomic E-state index is 0.125. The summed E-state index contributed by atoms with van der Waals surface area (Å²) in [5.74, 6) is 0.481. The van der Waals surface area contributed by atoms with Crippen molar-refractivity contribution in [2.75, 3.05) is 11.9 Å². The lowest BCUT2D eigenvalue weighted by molar-refractivity contribution is 0.164.